The van der Waals surface area contributed by atoms with E-state index in [0.29, 0.717) is 5.82 Å². The number of rotatable bonds is 3. The lowest BCUT2D eigenvalue weighted by molar-refractivity contribution is 0.158. The SMILES string of the molecule is CCOC(=O)NC(=S)Nc1n[nH]c(C)c1-c1ccccc1. The molecule has 3 N–H and O–H groups in total. The van der Waals surface area contributed by atoms with E-state index in [2.05, 4.69) is 20.8 Å². The fourth-order valence-electron chi connectivity index (χ4n) is 1.88. The number of alkyl carbamates (subject to hydrolysis) is 1. The molecule has 2 rings (SSSR count). The Bertz CT molecular complexity index is 640. The topological polar surface area (TPSA) is 79.0 Å². The third-order valence-electron chi connectivity index (χ3n) is 2.73. The average molecular weight is 304 g/mol. The average Bonchev–Trinajstić information content (AvgIpc) is 2.80. The molecule has 0 saturated carbocycles. The molecule has 0 aliphatic rings. The van der Waals surface area contributed by atoms with Crippen molar-refractivity contribution in [1.29, 1.82) is 0 Å². The minimum absolute atomic E-state index is 0.136. The summed E-state index contributed by atoms with van der Waals surface area (Å²) in [5, 5.41) is 12.5. The van der Waals surface area contributed by atoms with E-state index in [-0.39, 0.29) is 11.7 Å². The predicted molar refractivity (Wildman–Crippen MR) is 85.1 cm³/mol. The Morgan fingerprint density at radius 1 is 1.38 bits per heavy atom. The van der Waals surface area contributed by atoms with Crippen molar-refractivity contribution in [3.05, 3.63) is 36.0 Å². The summed E-state index contributed by atoms with van der Waals surface area (Å²) in [5.41, 5.74) is 2.82. The Balaban J connectivity index is 2.15. The molecule has 0 aliphatic carbocycles. The zero-order valence-corrected chi connectivity index (χ0v) is 12.6. The Kier molecular flexibility index (Phi) is 4.89. The number of hydrogen-bond donors (Lipinski definition) is 3. The Hall–Kier alpha value is -2.41. The van der Waals surface area contributed by atoms with Gasteiger partial charge in [-0.3, -0.25) is 10.4 Å². The number of thiocarbonyl (C=S) groups is 1. The summed E-state index contributed by atoms with van der Waals surface area (Å²) in [4.78, 5) is 11.3. The number of aryl methyl sites for hydroxylation is 1. The van der Waals surface area contributed by atoms with Gasteiger partial charge in [0.1, 0.15) is 0 Å². The van der Waals surface area contributed by atoms with E-state index in [1.165, 1.54) is 0 Å². The van der Waals surface area contributed by atoms with Crippen LogP contribution in [0.3, 0.4) is 0 Å². The number of nitrogens with zero attached hydrogens (tertiary/aromatic N) is 1. The predicted octanol–water partition coefficient (Wildman–Crippen LogP) is 2.83. The summed E-state index contributed by atoms with van der Waals surface area (Å²) in [6.07, 6.45) is -0.594. The molecule has 6 nitrogen and oxygen atoms in total. The first kappa shape index (κ1) is 15.0. The van der Waals surface area contributed by atoms with Crippen molar-refractivity contribution in [2.75, 3.05) is 11.9 Å². The molecule has 0 fully saturated rings. The van der Waals surface area contributed by atoms with Gasteiger partial charge in [0.05, 0.1) is 6.61 Å². The number of carbonyl (C=O) groups is 1. The lowest BCUT2D eigenvalue weighted by Gasteiger charge is -2.09. The maximum Gasteiger partial charge on any atom is 0.413 e. The van der Waals surface area contributed by atoms with E-state index < -0.39 is 6.09 Å². The van der Waals surface area contributed by atoms with Crippen molar-refractivity contribution >= 4 is 29.2 Å². The number of nitrogens with one attached hydrogen (secondary N) is 3. The molecule has 1 aromatic carbocycles. The second-order valence-corrected chi connectivity index (χ2v) is 4.65. The van der Waals surface area contributed by atoms with Gasteiger partial charge in [-0.05, 0) is 31.6 Å². The van der Waals surface area contributed by atoms with Crippen molar-refractivity contribution in [2.24, 2.45) is 0 Å². The molecule has 1 aromatic heterocycles. The highest BCUT2D eigenvalue weighted by Crippen LogP contribution is 2.28. The molecule has 21 heavy (non-hydrogen) atoms. The largest absolute Gasteiger partial charge is 0.450 e. The summed E-state index contributed by atoms with van der Waals surface area (Å²) in [6, 6.07) is 9.79. The molecule has 0 bridgehead atoms. The van der Waals surface area contributed by atoms with Gasteiger partial charge < -0.3 is 10.1 Å². The van der Waals surface area contributed by atoms with Crippen molar-refractivity contribution < 1.29 is 9.53 Å². The third-order valence-corrected chi connectivity index (χ3v) is 2.94. The molecule has 0 atom stereocenters. The van der Waals surface area contributed by atoms with Crippen molar-refractivity contribution in [3.8, 4) is 11.1 Å². The molecule has 0 spiro atoms. The van der Waals surface area contributed by atoms with Gasteiger partial charge >= 0.3 is 6.09 Å². The Morgan fingerprint density at radius 2 is 2.10 bits per heavy atom. The van der Waals surface area contributed by atoms with E-state index in [1.807, 2.05) is 37.3 Å². The van der Waals surface area contributed by atoms with E-state index >= 15 is 0 Å². The molecule has 0 radical (unpaired) electrons. The van der Waals surface area contributed by atoms with Crippen LogP contribution in [-0.4, -0.2) is 28.0 Å². The summed E-state index contributed by atoms with van der Waals surface area (Å²) in [5.74, 6) is 0.556. The molecule has 7 heteroatoms. The van der Waals surface area contributed by atoms with Gasteiger partial charge in [-0.15, -0.1) is 0 Å². The summed E-state index contributed by atoms with van der Waals surface area (Å²) >= 11 is 5.07. The Labute approximate surface area is 127 Å². The van der Waals surface area contributed by atoms with Crippen molar-refractivity contribution in [1.82, 2.24) is 15.5 Å². The van der Waals surface area contributed by atoms with E-state index in [9.17, 15) is 4.79 Å². The summed E-state index contributed by atoms with van der Waals surface area (Å²) < 4.78 is 4.76. The van der Waals surface area contributed by atoms with Crippen LogP contribution in [0.1, 0.15) is 12.6 Å². The number of amides is 1. The van der Waals surface area contributed by atoms with Crippen LogP contribution in [0.2, 0.25) is 0 Å². The quantitative estimate of drug-likeness (QED) is 0.760. The van der Waals surface area contributed by atoms with Gasteiger partial charge in [-0.1, -0.05) is 30.3 Å². The lowest BCUT2D eigenvalue weighted by Crippen LogP contribution is -2.34. The molecule has 0 aliphatic heterocycles. The molecular weight excluding hydrogens is 288 g/mol. The smallest absolute Gasteiger partial charge is 0.413 e. The second-order valence-electron chi connectivity index (χ2n) is 4.24. The van der Waals surface area contributed by atoms with Crippen LogP contribution in [0, 0.1) is 6.92 Å². The number of aromatic amines is 1. The maximum absolute atomic E-state index is 11.3. The second kappa shape index (κ2) is 6.85. The lowest BCUT2D eigenvalue weighted by atomic mass is 10.1. The van der Waals surface area contributed by atoms with E-state index in [0.717, 1.165) is 16.8 Å². The molecule has 2 aromatic rings. The third kappa shape index (κ3) is 3.79. The summed E-state index contributed by atoms with van der Waals surface area (Å²) in [7, 11) is 0. The summed E-state index contributed by atoms with van der Waals surface area (Å²) in [6.45, 7) is 3.92. The molecule has 0 saturated heterocycles. The van der Waals surface area contributed by atoms with Gasteiger partial charge in [0.25, 0.3) is 0 Å². The van der Waals surface area contributed by atoms with Crippen LogP contribution in [0.25, 0.3) is 11.1 Å². The standard InChI is InChI=1S/C14H16N4O2S/c1-3-20-14(19)16-13(21)15-12-11(9(2)17-18-12)10-7-5-4-6-8-10/h4-8H,3H2,1-2H3,(H3,15,16,17,18,19,21). The first-order valence-corrected chi connectivity index (χ1v) is 6.87. The van der Waals surface area contributed by atoms with Crippen LogP contribution in [0.15, 0.2) is 30.3 Å². The van der Waals surface area contributed by atoms with Gasteiger partial charge in [-0.2, -0.15) is 5.10 Å². The van der Waals surface area contributed by atoms with Gasteiger partial charge in [-0.25, -0.2) is 4.79 Å². The first-order chi connectivity index (χ1) is 10.1. The van der Waals surface area contributed by atoms with E-state index in [4.69, 9.17) is 17.0 Å². The van der Waals surface area contributed by atoms with E-state index in [1.54, 1.807) is 6.92 Å². The number of H-pyrrole nitrogens is 1. The van der Waals surface area contributed by atoms with Gasteiger partial charge in [0.2, 0.25) is 0 Å². The fraction of sp³-hybridized carbons (Fsp3) is 0.214. The highest BCUT2D eigenvalue weighted by Gasteiger charge is 2.14. The number of anilines is 1. The zero-order valence-electron chi connectivity index (χ0n) is 11.8. The van der Waals surface area contributed by atoms with Crippen LogP contribution < -0.4 is 10.6 Å². The van der Waals surface area contributed by atoms with Crippen LogP contribution in [0.5, 0.6) is 0 Å². The number of ether oxygens (including phenoxy) is 1. The monoisotopic (exact) mass is 304 g/mol. The fourth-order valence-corrected chi connectivity index (χ4v) is 2.06. The zero-order chi connectivity index (χ0) is 15.2. The number of benzene rings is 1. The minimum Gasteiger partial charge on any atom is -0.450 e. The van der Waals surface area contributed by atoms with Crippen molar-refractivity contribution in [3.63, 3.8) is 0 Å². The normalized spacial score (nSPS) is 10.0. The first-order valence-electron chi connectivity index (χ1n) is 6.47. The molecular formula is C14H16N4O2S. The molecule has 110 valence electrons. The maximum atomic E-state index is 11.3. The molecule has 0 unspecified atom stereocenters. The van der Waals surface area contributed by atoms with Crippen LogP contribution >= 0.6 is 12.2 Å². The van der Waals surface area contributed by atoms with Crippen LogP contribution in [-0.2, 0) is 4.74 Å². The molecule has 1 amide bonds. The van der Waals surface area contributed by atoms with Crippen molar-refractivity contribution in [2.45, 2.75) is 13.8 Å². The number of aromatic nitrogens is 2. The minimum atomic E-state index is -0.594. The van der Waals surface area contributed by atoms with Crippen LogP contribution in [0.4, 0.5) is 10.6 Å². The highest BCUT2D eigenvalue weighted by molar-refractivity contribution is 7.80. The van der Waals surface area contributed by atoms with Gasteiger partial charge in [0.15, 0.2) is 10.9 Å². The van der Waals surface area contributed by atoms with Gasteiger partial charge in [0, 0.05) is 11.3 Å². The number of hydrogen-bond acceptors (Lipinski definition) is 4. The number of carbonyl (C=O) groups excluding carboxylic acids is 1. The molecule has 1 heterocycles. The highest BCUT2D eigenvalue weighted by atomic mass is 32.1. The Morgan fingerprint density at radius 3 is 2.76 bits per heavy atom.